The highest BCUT2D eigenvalue weighted by Gasteiger charge is 2.33. The smallest absolute Gasteiger partial charge is 0.339 e. The number of rotatable bonds is 6. The average molecular weight is 468 g/mol. The topological polar surface area (TPSA) is 48.4 Å². The van der Waals surface area contributed by atoms with Gasteiger partial charge >= 0.3 is 5.97 Å². The van der Waals surface area contributed by atoms with E-state index in [1.54, 1.807) is 0 Å². The quantitative estimate of drug-likeness (QED) is 0.274. The summed E-state index contributed by atoms with van der Waals surface area (Å²) in [6, 6.07) is 24.9. The molecule has 4 nitrogen and oxygen atoms in total. The molecule has 1 heterocycles. The van der Waals surface area contributed by atoms with Crippen LogP contribution in [0.25, 0.3) is 33.2 Å². The monoisotopic (exact) mass is 467 g/mol. The molecule has 4 heteroatoms. The van der Waals surface area contributed by atoms with E-state index in [9.17, 15) is 4.79 Å². The molecule has 1 aromatic heterocycles. The Morgan fingerprint density at radius 1 is 0.886 bits per heavy atom. The van der Waals surface area contributed by atoms with Gasteiger partial charge in [-0.2, -0.15) is 0 Å². The van der Waals surface area contributed by atoms with E-state index in [0.717, 1.165) is 50.0 Å². The van der Waals surface area contributed by atoms with Crippen LogP contribution in [0, 0.1) is 13.8 Å². The zero-order valence-corrected chi connectivity index (χ0v) is 21.4. The molecule has 1 atom stereocenters. The van der Waals surface area contributed by atoms with E-state index < -0.39 is 11.7 Å². The Morgan fingerprint density at radius 3 is 2.14 bits per heavy atom. The first kappa shape index (κ1) is 24.6. The molecule has 1 unspecified atom stereocenters. The number of carbonyl (C=O) groups is 1. The molecule has 0 aliphatic carbocycles. The summed E-state index contributed by atoms with van der Waals surface area (Å²) < 4.78 is 11.8. The first-order chi connectivity index (χ1) is 16.7. The van der Waals surface area contributed by atoms with Gasteiger partial charge in [0.25, 0.3) is 0 Å². The van der Waals surface area contributed by atoms with Gasteiger partial charge in [0.15, 0.2) is 6.10 Å². The Bertz CT molecular complexity index is 1340. The van der Waals surface area contributed by atoms with Gasteiger partial charge in [-0.15, -0.1) is 0 Å². The molecule has 0 aliphatic rings. The third kappa shape index (κ3) is 5.44. The lowest BCUT2D eigenvalue weighted by molar-refractivity contribution is -0.166. The average Bonchev–Trinajstić information content (AvgIpc) is 2.82. The van der Waals surface area contributed by atoms with Gasteiger partial charge in [-0.05, 0) is 81.5 Å². The Labute approximate surface area is 207 Å². The maximum atomic E-state index is 13.2. The molecule has 0 amide bonds. The fraction of sp³-hybridized carbons (Fsp3) is 0.290. The van der Waals surface area contributed by atoms with Crippen LogP contribution >= 0.6 is 0 Å². The van der Waals surface area contributed by atoms with Gasteiger partial charge in [-0.25, -0.2) is 4.79 Å². The van der Waals surface area contributed by atoms with Gasteiger partial charge in [0.1, 0.15) is 0 Å². The first-order valence-corrected chi connectivity index (χ1v) is 12.1. The summed E-state index contributed by atoms with van der Waals surface area (Å²) in [4.78, 5) is 18.0. The Hall–Kier alpha value is -3.50. The minimum atomic E-state index is -0.857. The Kier molecular flexibility index (Phi) is 7.04. The van der Waals surface area contributed by atoms with E-state index in [0.29, 0.717) is 0 Å². The van der Waals surface area contributed by atoms with Crippen molar-refractivity contribution in [3.63, 3.8) is 0 Å². The molecular weight excluding hydrogens is 434 g/mol. The number of fused-ring (bicyclic) bond motifs is 1. The maximum Gasteiger partial charge on any atom is 0.339 e. The van der Waals surface area contributed by atoms with Crippen LogP contribution in [-0.4, -0.2) is 23.2 Å². The van der Waals surface area contributed by atoms with Crippen molar-refractivity contribution in [2.24, 2.45) is 0 Å². The molecule has 4 aromatic rings. The van der Waals surface area contributed by atoms with Crippen molar-refractivity contribution in [2.45, 2.75) is 53.2 Å². The molecule has 0 N–H and O–H groups in total. The number of aryl methyl sites for hydroxylation is 2. The van der Waals surface area contributed by atoms with E-state index in [-0.39, 0.29) is 12.6 Å². The molecule has 3 aromatic carbocycles. The number of esters is 1. The molecule has 0 radical (unpaired) electrons. The summed E-state index contributed by atoms with van der Waals surface area (Å²) in [5.41, 5.74) is 7.32. The van der Waals surface area contributed by atoms with Crippen molar-refractivity contribution in [2.75, 3.05) is 6.61 Å². The molecular formula is C31H33NO3. The fourth-order valence-corrected chi connectivity index (χ4v) is 4.43. The van der Waals surface area contributed by atoms with E-state index in [4.69, 9.17) is 14.5 Å². The second-order valence-corrected chi connectivity index (χ2v) is 9.81. The Morgan fingerprint density at radius 2 is 1.51 bits per heavy atom. The highest BCUT2D eigenvalue weighted by molar-refractivity contribution is 5.99. The van der Waals surface area contributed by atoms with Gasteiger partial charge in [0, 0.05) is 16.6 Å². The predicted molar refractivity (Wildman–Crippen MR) is 142 cm³/mol. The fourth-order valence-electron chi connectivity index (χ4n) is 4.43. The SMILES string of the molecule is CCOC(=O)C(OC(C)(C)C)c1c(C)cc2nc(C)ccc2c1-c1ccc(-c2ccccc2)cc1. The van der Waals surface area contributed by atoms with Crippen LogP contribution in [0.5, 0.6) is 0 Å². The summed E-state index contributed by atoms with van der Waals surface area (Å²) in [5, 5.41) is 0.982. The maximum absolute atomic E-state index is 13.2. The van der Waals surface area contributed by atoms with Crippen molar-refractivity contribution in [3.05, 3.63) is 89.6 Å². The minimum Gasteiger partial charge on any atom is -0.464 e. The highest BCUT2D eigenvalue weighted by Crippen LogP contribution is 2.41. The zero-order chi connectivity index (χ0) is 25.2. The molecule has 0 bridgehead atoms. The lowest BCUT2D eigenvalue weighted by atomic mass is 9.87. The molecule has 0 fully saturated rings. The van der Waals surface area contributed by atoms with E-state index in [1.807, 2.05) is 71.9 Å². The van der Waals surface area contributed by atoms with Crippen LogP contribution in [0.1, 0.15) is 50.6 Å². The molecule has 180 valence electrons. The van der Waals surface area contributed by atoms with Crippen LogP contribution < -0.4 is 0 Å². The van der Waals surface area contributed by atoms with Crippen molar-refractivity contribution in [1.82, 2.24) is 4.98 Å². The van der Waals surface area contributed by atoms with E-state index >= 15 is 0 Å². The van der Waals surface area contributed by atoms with Crippen molar-refractivity contribution in [3.8, 4) is 22.3 Å². The number of hydrogen-bond acceptors (Lipinski definition) is 4. The molecule has 0 aliphatic heterocycles. The van der Waals surface area contributed by atoms with Gasteiger partial charge < -0.3 is 9.47 Å². The lowest BCUT2D eigenvalue weighted by Crippen LogP contribution is -2.29. The number of ether oxygens (including phenoxy) is 2. The van der Waals surface area contributed by atoms with Crippen LogP contribution in [0.2, 0.25) is 0 Å². The van der Waals surface area contributed by atoms with Gasteiger partial charge in [0.2, 0.25) is 0 Å². The Balaban J connectivity index is 1.97. The summed E-state index contributed by atoms with van der Waals surface area (Å²) >= 11 is 0. The number of aromatic nitrogens is 1. The van der Waals surface area contributed by atoms with Gasteiger partial charge in [-0.1, -0.05) is 60.7 Å². The van der Waals surface area contributed by atoms with Gasteiger partial charge in [-0.3, -0.25) is 4.98 Å². The molecule has 0 saturated carbocycles. The summed E-state index contributed by atoms with van der Waals surface area (Å²) in [5.74, 6) is -0.382. The van der Waals surface area contributed by atoms with E-state index in [1.165, 1.54) is 0 Å². The van der Waals surface area contributed by atoms with Crippen LogP contribution in [0.4, 0.5) is 0 Å². The number of hydrogen-bond donors (Lipinski definition) is 0. The number of nitrogens with zero attached hydrogens (tertiary/aromatic N) is 1. The lowest BCUT2D eigenvalue weighted by Gasteiger charge is -2.29. The first-order valence-electron chi connectivity index (χ1n) is 12.1. The van der Waals surface area contributed by atoms with Gasteiger partial charge in [0.05, 0.1) is 17.7 Å². The highest BCUT2D eigenvalue weighted by atomic mass is 16.6. The number of carbonyl (C=O) groups excluding carboxylic acids is 1. The third-order valence-electron chi connectivity index (χ3n) is 5.90. The summed E-state index contributed by atoms with van der Waals surface area (Å²) in [6.07, 6.45) is -0.857. The predicted octanol–water partition coefficient (Wildman–Crippen LogP) is 7.60. The molecule has 35 heavy (non-hydrogen) atoms. The molecule has 4 rings (SSSR count). The second-order valence-electron chi connectivity index (χ2n) is 9.81. The largest absolute Gasteiger partial charge is 0.464 e. The number of benzene rings is 3. The van der Waals surface area contributed by atoms with Crippen molar-refractivity contribution >= 4 is 16.9 Å². The normalized spacial score (nSPS) is 12.5. The zero-order valence-electron chi connectivity index (χ0n) is 21.4. The van der Waals surface area contributed by atoms with Crippen LogP contribution in [0.15, 0.2) is 72.8 Å². The second kappa shape index (κ2) is 10.0. The van der Waals surface area contributed by atoms with E-state index in [2.05, 4.69) is 42.5 Å². The van der Waals surface area contributed by atoms with Crippen molar-refractivity contribution in [1.29, 1.82) is 0 Å². The summed E-state index contributed by atoms with van der Waals surface area (Å²) in [7, 11) is 0. The standard InChI is InChI=1S/C31H33NO3/c1-7-34-30(33)29(35-31(4,5)6)27-20(2)19-26-25(18-13-21(3)32-26)28(27)24-16-14-23(15-17-24)22-11-9-8-10-12-22/h8-19,29H,7H2,1-6H3. The van der Waals surface area contributed by atoms with Crippen LogP contribution in [-0.2, 0) is 14.3 Å². The minimum absolute atomic E-state index is 0.289. The van der Waals surface area contributed by atoms with Crippen LogP contribution in [0.3, 0.4) is 0 Å². The number of pyridine rings is 1. The summed E-state index contributed by atoms with van der Waals surface area (Å²) in [6.45, 7) is 12.0. The van der Waals surface area contributed by atoms with Crippen molar-refractivity contribution < 1.29 is 14.3 Å². The third-order valence-corrected chi connectivity index (χ3v) is 5.90. The molecule has 0 spiro atoms. The molecule has 0 saturated heterocycles.